The number of carbonyl (C=O) groups excluding carboxylic acids is 1. The summed E-state index contributed by atoms with van der Waals surface area (Å²) in [4.78, 5) is 11.5. The van der Waals surface area contributed by atoms with Gasteiger partial charge < -0.3 is 5.32 Å². The number of benzene rings is 1. The van der Waals surface area contributed by atoms with Crippen LogP contribution in [0.1, 0.15) is 20.8 Å². The highest BCUT2D eigenvalue weighted by atomic mass is 35.5. The van der Waals surface area contributed by atoms with Gasteiger partial charge in [0.05, 0.1) is 5.69 Å². The van der Waals surface area contributed by atoms with Crippen molar-refractivity contribution in [3.05, 3.63) is 29.3 Å². The van der Waals surface area contributed by atoms with Crippen molar-refractivity contribution in [1.82, 2.24) is 5.32 Å². The number of nitrogens with one attached hydrogen (secondary N) is 1. The van der Waals surface area contributed by atoms with Crippen molar-refractivity contribution in [3.8, 4) is 0 Å². The minimum Gasteiger partial charge on any atom is -0.347 e. The maximum Gasteiger partial charge on any atom is 0.264 e. The summed E-state index contributed by atoms with van der Waals surface area (Å²) < 4.78 is 1.08. The van der Waals surface area contributed by atoms with E-state index in [1.807, 2.05) is 20.8 Å². The van der Waals surface area contributed by atoms with Gasteiger partial charge in [-0.05, 0) is 45.0 Å². The molecule has 0 spiro atoms. The summed E-state index contributed by atoms with van der Waals surface area (Å²) in [6.07, 6.45) is 1.13. The summed E-state index contributed by atoms with van der Waals surface area (Å²) in [5.74, 6) is -0.304. The van der Waals surface area contributed by atoms with Crippen LogP contribution in [0.4, 0.5) is 5.69 Å². The first-order valence-electron chi connectivity index (χ1n) is 5.35. The summed E-state index contributed by atoms with van der Waals surface area (Å²) >= 11 is 11.6. The van der Waals surface area contributed by atoms with E-state index >= 15 is 0 Å². The van der Waals surface area contributed by atoms with Crippen LogP contribution in [-0.4, -0.2) is 17.7 Å². The van der Waals surface area contributed by atoms with E-state index in [0.29, 0.717) is 10.7 Å². The monoisotopic (exact) mass is 287 g/mol. The number of anilines is 1. The van der Waals surface area contributed by atoms with E-state index in [-0.39, 0.29) is 11.4 Å². The third-order valence-corrected chi connectivity index (χ3v) is 2.35. The van der Waals surface area contributed by atoms with E-state index in [2.05, 4.69) is 10.4 Å². The van der Waals surface area contributed by atoms with Gasteiger partial charge in [-0.2, -0.15) is 9.63 Å². The molecule has 1 rings (SSSR count). The normalized spacial score (nSPS) is 11.6. The number of carbonyl (C=O) groups is 1. The summed E-state index contributed by atoms with van der Waals surface area (Å²) in [6, 6.07) is 6.79. The quantitative estimate of drug-likeness (QED) is 0.527. The van der Waals surface area contributed by atoms with Crippen LogP contribution in [0.3, 0.4) is 0 Å². The lowest BCUT2D eigenvalue weighted by Crippen LogP contribution is -2.41. The molecule has 0 unspecified atom stereocenters. The van der Waals surface area contributed by atoms with Crippen LogP contribution in [-0.2, 0) is 4.79 Å². The van der Waals surface area contributed by atoms with Gasteiger partial charge in [-0.1, -0.05) is 11.6 Å². The molecule has 1 aromatic rings. The maximum absolute atomic E-state index is 11.5. The molecular weight excluding hydrogens is 273 g/mol. The van der Waals surface area contributed by atoms with Gasteiger partial charge in [0.1, 0.15) is 6.21 Å². The largest absolute Gasteiger partial charge is 0.347 e. The van der Waals surface area contributed by atoms with Crippen LogP contribution >= 0.6 is 23.4 Å². The summed E-state index contributed by atoms with van der Waals surface area (Å²) in [5, 5.41) is 7.18. The Morgan fingerprint density at radius 2 is 1.89 bits per heavy atom. The number of halogens is 2. The van der Waals surface area contributed by atoms with E-state index in [9.17, 15) is 4.79 Å². The van der Waals surface area contributed by atoms with E-state index in [0.717, 1.165) is 10.7 Å². The molecule has 0 atom stereocenters. The molecule has 0 aliphatic rings. The Labute approximate surface area is 117 Å². The van der Waals surface area contributed by atoms with Gasteiger partial charge in [0, 0.05) is 22.3 Å². The predicted molar refractivity (Wildman–Crippen MR) is 76.2 cm³/mol. The molecule has 18 heavy (non-hydrogen) atoms. The van der Waals surface area contributed by atoms with Crippen molar-refractivity contribution in [3.63, 3.8) is 0 Å². The molecule has 1 N–H and O–H groups in total. The molecule has 1 aromatic carbocycles. The second-order valence-corrected chi connectivity index (χ2v) is 5.48. The third kappa shape index (κ3) is 5.38. The van der Waals surface area contributed by atoms with Crippen molar-refractivity contribution < 1.29 is 4.79 Å². The topological polar surface area (TPSA) is 44.7 Å². The zero-order valence-corrected chi connectivity index (χ0v) is 12.0. The highest BCUT2D eigenvalue weighted by Gasteiger charge is 2.12. The van der Waals surface area contributed by atoms with Gasteiger partial charge in [-0.25, -0.2) is 0 Å². The molecule has 4 nitrogen and oxygen atoms in total. The number of hydrogen-bond donors (Lipinski definition) is 1. The highest BCUT2D eigenvalue weighted by molar-refractivity contribution is 6.31. The molecule has 0 heterocycles. The van der Waals surface area contributed by atoms with Crippen LogP contribution in [0.25, 0.3) is 0 Å². The first-order valence-corrected chi connectivity index (χ1v) is 6.07. The van der Waals surface area contributed by atoms with Crippen molar-refractivity contribution in [2.24, 2.45) is 5.10 Å². The van der Waals surface area contributed by atoms with Crippen LogP contribution in [0.5, 0.6) is 0 Å². The summed E-state index contributed by atoms with van der Waals surface area (Å²) in [5.41, 5.74) is 0.321. The lowest BCUT2D eigenvalue weighted by atomic mass is 10.1. The lowest BCUT2D eigenvalue weighted by Gasteiger charge is -2.18. The SMILES string of the molecule is CC(C)(C)NC(=O)/C=N/N(Cl)c1ccc(Cl)cc1. The standard InChI is InChI=1S/C12H15Cl2N3O/c1-12(2,3)16-11(18)8-15-17(14)10-6-4-9(13)5-7-10/h4-8H,1-3H3,(H,16,18)/b15-8+. The van der Waals surface area contributed by atoms with E-state index in [4.69, 9.17) is 23.4 Å². The number of amides is 1. The first-order chi connectivity index (χ1) is 8.28. The fraction of sp³-hybridized carbons (Fsp3) is 0.333. The van der Waals surface area contributed by atoms with Gasteiger partial charge >= 0.3 is 0 Å². The second kappa shape index (κ2) is 6.07. The fourth-order valence-corrected chi connectivity index (χ4v) is 1.42. The summed E-state index contributed by atoms with van der Waals surface area (Å²) in [7, 11) is 0. The van der Waals surface area contributed by atoms with E-state index in [1.54, 1.807) is 24.3 Å². The van der Waals surface area contributed by atoms with Gasteiger partial charge in [-0.15, -0.1) is 0 Å². The van der Waals surface area contributed by atoms with Crippen molar-refractivity contribution in [1.29, 1.82) is 0 Å². The van der Waals surface area contributed by atoms with Crippen LogP contribution in [0, 0.1) is 0 Å². The Morgan fingerprint density at radius 1 is 1.33 bits per heavy atom. The van der Waals surface area contributed by atoms with Crippen molar-refractivity contribution in [2.45, 2.75) is 26.3 Å². The predicted octanol–water partition coefficient (Wildman–Crippen LogP) is 3.20. The average Bonchev–Trinajstić information content (AvgIpc) is 2.24. The van der Waals surface area contributed by atoms with Crippen molar-refractivity contribution in [2.75, 3.05) is 4.53 Å². The molecule has 0 radical (unpaired) electrons. The number of hydrogen-bond acceptors (Lipinski definition) is 3. The molecule has 0 aromatic heterocycles. The second-order valence-electron chi connectivity index (χ2n) is 4.72. The lowest BCUT2D eigenvalue weighted by molar-refractivity contribution is -0.115. The zero-order valence-electron chi connectivity index (χ0n) is 10.4. The number of nitrogens with zero attached hydrogens (tertiary/aromatic N) is 2. The molecule has 0 aliphatic carbocycles. The smallest absolute Gasteiger partial charge is 0.264 e. The van der Waals surface area contributed by atoms with Crippen LogP contribution in [0.2, 0.25) is 5.02 Å². The Kier molecular flexibility index (Phi) is 4.99. The number of rotatable bonds is 3. The number of hydrazone groups is 1. The zero-order chi connectivity index (χ0) is 13.8. The minimum atomic E-state index is -0.305. The molecule has 6 heteroatoms. The Balaban J connectivity index is 2.61. The van der Waals surface area contributed by atoms with Crippen molar-refractivity contribution >= 4 is 41.2 Å². The van der Waals surface area contributed by atoms with Gasteiger partial charge in [0.2, 0.25) is 0 Å². The average molecular weight is 288 g/mol. The van der Waals surface area contributed by atoms with Gasteiger partial charge in [0.15, 0.2) is 0 Å². The maximum atomic E-state index is 11.5. The molecule has 0 fully saturated rings. The minimum absolute atomic E-state index is 0.304. The van der Waals surface area contributed by atoms with E-state index in [1.165, 1.54) is 0 Å². The Bertz CT molecular complexity index is 438. The molecule has 1 amide bonds. The van der Waals surface area contributed by atoms with Gasteiger partial charge in [0.25, 0.3) is 5.91 Å². The third-order valence-electron chi connectivity index (χ3n) is 1.81. The van der Waals surface area contributed by atoms with Crippen LogP contribution in [0.15, 0.2) is 29.4 Å². The molecule has 0 bridgehead atoms. The molecule has 98 valence electrons. The first kappa shape index (κ1) is 14.8. The summed E-state index contributed by atoms with van der Waals surface area (Å²) in [6.45, 7) is 5.66. The highest BCUT2D eigenvalue weighted by Crippen LogP contribution is 2.19. The van der Waals surface area contributed by atoms with Gasteiger partial charge in [-0.3, -0.25) is 4.79 Å². The molecule has 0 saturated heterocycles. The Morgan fingerprint density at radius 3 is 2.39 bits per heavy atom. The van der Waals surface area contributed by atoms with E-state index < -0.39 is 0 Å². The van der Waals surface area contributed by atoms with Crippen LogP contribution < -0.4 is 9.84 Å². The molecule has 0 aliphatic heterocycles. The Hall–Kier alpha value is -1.26. The fourth-order valence-electron chi connectivity index (χ4n) is 1.14. The molecule has 0 saturated carbocycles. The molecular formula is C12H15Cl2N3O.